The minimum absolute atomic E-state index is 0.102. The van der Waals surface area contributed by atoms with Gasteiger partial charge in [-0.15, -0.1) is 11.6 Å². The van der Waals surface area contributed by atoms with Gasteiger partial charge < -0.3 is 4.74 Å². The van der Waals surface area contributed by atoms with Gasteiger partial charge in [0.1, 0.15) is 0 Å². The summed E-state index contributed by atoms with van der Waals surface area (Å²) in [5, 5.41) is 8.93. The summed E-state index contributed by atoms with van der Waals surface area (Å²) in [5.74, 6) is -0.361. The molecular formula is C11H9BrClNO2. The van der Waals surface area contributed by atoms with Gasteiger partial charge in [0.2, 0.25) is 0 Å². The fourth-order valence-corrected chi connectivity index (χ4v) is 2.02. The van der Waals surface area contributed by atoms with Crippen molar-refractivity contribution in [2.45, 2.75) is 12.8 Å². The van der Waals surface area contributed by atoms with Crippen LogP contribution in [0.1, 0.15) is 28.4 Å². The molecule has 1 aromatic carbocycles. The lowest BCUT2D eigenvalue weighted by molar-refractivity contribution is 0.0525. The molecule has 0 saturated carbocycles. The van der Waals surface area contributed by atoms with Crippen molar-refractivity contribution < 1.29 is 9.53 Å². The Labute approximate surface area is 107 Å². The highest BCUT2D eigenvalue weighted by molar-refractivity contribution is 9.10. The second-order valence-corrected chi connectivity index (χ2v) is 4.13. The van der Waals surface area contributed by atoms with E-state index in [0.717, 1.165) is 0 Å². The fraction of sp³-hybridized carbons (Fsp3) is 0.273. The standard InChI is InChI=1S/C11H9BrClNO2/c1-2-16-11(15)9-4-8(12)3-7(6-14)10(9)5-13/h3-4H,2,5H2,1H3. The first-order valence-electron chi connectivity index (χ1n) is 4.59. The summed E-state index contributed by atoms with van der Waals surface area (Å²) < 4.78 is 5.55. The molecule has 84 valence electrons. The van der Waals surface area contributed by atoms with Gasteiger partial charge in [0.15, 0.2) is 0 Å². The second-order valence-electron chi connectivity index (χ2n) is 2.95. The third-order valence-electron chi connectivity index (χ3n) is 1.96. The van der Waals surface area contributed by atoms with E-state index in [1.807, 2.05) is 6.07 Å². The normalized spacial score (nSPS) is 9.62. The van der Waals surface area contributed by atoms with Gasteiger partial charge in [0.05, 0.1) is 23.8 Å². The zero-order valence-electron chi connectivity index (χ0n) is 8.59. The second kappa shape index (κ2) is 5.88. The highest BCUT2D eigenvalue weighted by Crippen LogP contribution is 2.23. The Balaban J connectivity index is 3.32. The molecule has 0 unspecified atom stereocenters. The third kappa shape index (κ3) is 2.75. The van der Waals surface area contributed by atoms with Crippen LogP contribution in [0.15, 0.2) is 16.6 Å². The van der Waals surface area contributed by atoms with Crippen molar-refractivity contribution in [3.8, 4) is 6.07 Å². The van der Waals surface area contributed by atoms with Crippen LogP contribution in [0.4, 0.5) is 0 Å². The Bertz CT molecular complexity index is 454. The summed E-state index contributed by atoms with van der Waals surface area (Å²) in [6.45, 7) is 2.01. The average molecular weight is 303 g/mol. The maximum absolute atomic E-state index is 11.6. The van der Waals surface area contributed by atoms with E-state index in [-0.39, 0.29) is 12.5 Å². The molecule has 1 rings (SSSR count). The number of hydrogen-bond donors (Lipinski definition) is 0. The zero-order valence-corrected chi connectivity index (χ0v) is 10.9. The van der Waals surface area contributed by atoms with Crippen LogP contribution in [0.25, 0.3) is 0 Å². The first-order valence-corrected chi connectivity index (χ1v) is 5.92. The quantitative estimate of drug-likeness (QED) is 0.636. The molecule has 0 fully saturated rings. The van der Waals surface area contributed by atoms with Crippen molar-refractivity contribution >= 4 is 33.5 Å². The van der Waals surface area contributed by atoms with Gasteiger partial charge in [-0.05, 0) is 24.6 Å². The number of nitrogens with zero attached hydrogens (tertiary/aromatic N) is 1. The van der Waals surface area contributed by atoms with Crippen molar-refractivity contribution in [2.24, 2.45) is 0 Å². The van der Waals surface area contributed by atoms with E-state index >= 15 is 0 Å². The van der Waals surface area contributed by atoms with E-state index < -0.39 is 5.97 Å². The van der Waals surface area contributed by atoms with Gasteiger partial charge in [-0.25, -0.2) is 4.79 Å². The lowest BCUT2D eigenvalue weighted by Gasteiger charge is -2.08. The van der Waals surface area contributed by atoms with Crippen LogP contribution in [-0.4, -0.2) is 12.6 Å². The zero-order chi connectivity index (χ0) is 12.1. The number of alkyl halides is 1. The van der Waals surface area contributed by atoms with Gasteiger partial charge in [0, 0.05) is 10.4 Å². The monoisotopic (exact) mass is 301 g/mol. The molecule has 0 aliphatic heterocycles. The largest absolute Gasteiger partial charge is 0.462 e. The van der Waals surface area contributed by atoms with Gasteiger partial charge in [-0.1, -0.05) is 15.9 Å². The third-order valence-corrected chi connectivity index (χ3v) is 2.69. The number of hydrogen-bond acceptors (Lipinski definition) is 3. The van der Waals surface area contributed by atoms with Gasteiger partial charge >= 0.3 is 5.97 Å². The molecule has 0 heterocycles. The predicted octanol–water partition coefficient (Wildman–Crippen LogP) is 3.24. The van der Waals surface area contributed by atoms with Crippen LogP contribution >= 0.6 is 27.5 Å². The summed E-state index contributed by atoms with van der Waals surface area (Å²) >= 11 is 8.97. The van der Waals surface area contributed by atoms with Crippen molar-refractivity contribution in [3.63, 3.8) is 0 Å². The molecule has 0 N–H and O–H groups in total. The molecule has 0 aromatic heterocycles. The molecule has 0 spiro atoms. The van der Waals surface area contributed by atoms with E-state index in [9.17, 15) is 4.79 Å². The van der Waals surface area contributed by atoms with Crippen molar-refractivity contribution in [1.82, 2.24) is 0 Å². The molecule has 0 bridgehead atoms. The molecule has 0 aliphatic rings. The average Bonchev–Trinajstić information content (AvgIpc) is 2.28. The number of rotatable bonds is 3. The molecular weight excluding hydrogens is 293 g/mol. The molecule has 5 heteroatoms. The summed E-state index contributed by atoms with van der Waals surface area (Å²) in [6, 6.07) is 5.24. The lowest BCUT2D eigenvalue weighted by Crippen LogP contribution is -2.09. The van der Waals surface area contributed by atoms with E-state index in [0.29, 0.717) is 21.2 Å². The van der Waals surface area contributed by atoms with Gasteiger partial charge in [-0.2, -0.15) is 5.26 Å². The molecule has 0 radical (unpaired) electrons. The molecule has 1 aromatic rings. The number of ether oxygens (including phenoxy) is 1. The molecule has 0 amide bonds. The summed E-state index contributed by atoms with van der Waals surface area (Å²) in [7, 11) is 0. The minimum Gasteiger partial charge on any atom is -0.462 e. The van der Waals surface area contributed by atoms with Crippen LogP contribution in [-0.2, 0) is 10.6 Å². The minimum atomic E-state index is -0.462. The van der Waals surface area contributed by atoms with Crippen LogP contribution in [0.3, 0.4) is 0 Å². The smallest absolute Gasteiger partial charge is 0.338 e. The highest BCUT2D eigenvalue weighted by Gasteiger charge is 2.16. The van der Waals surface area contributed by atoms with Crippen LogP contribution in [0.2, 0.25) is 0 Å². The number of carbonyl (C=O) groups is 1. The first-order chi connectivity index (χ1) is 7.63. The Hall–Kier alpha value is -1.05. The van der Waals surface area contributed by atoms with Gasteiger partial charge in [-0.3, -0.25) is 0 Å². The van der Waals surface area contributed by atoms with E-state index in [1.54, 1.807) is 19.1 Å². The van der Waals surface area contributed by atoms with E-state index in [4.69, 9.17) is 21.6 Å². The predicted molar refractivity (Wildman–Crippen MR) is 64.4 cm³/mol. The first kappa shape index (κ1) is 13.0. The Morgan fingerprint density at radius 2 is 2.31 bits per heavy atom. The van der Waals surface area contributed by atoms with E-state index in [1.165, 1.54) is 0 Å². The van der Waals surface area contributed by atoms with Crippen molar-refractivity contribution in [3.05, 3.63) is 33.3 Å². The summed E-state index contributed by atoms with van der Waals surface area (Å²) in [5.41, 5.74) is 1.22. The fourth-order valence-electron chi connectivity index (χ4n) is 1.27. The Morgan fingerprint density at radius 3 is 2.81 bits per heavy atom. The van der Waals surface area contributed by atoms with Crippen molar-refractivity contribution in [1.29, 1.82) is 5.26 Å². The number of nitriles is 1. The number of benzene rings is 1. The summed E-state index contributed by atoms with van der Waals surface area (Å²) in [6.07, 6.45) is 0. The number of halogens is 2. The topological polar surface area (TPSA) is 50.1 Å². The molecule has 0 aliphatic carbocycles. The number of carbonyl (C=O) groups excluding carboxylic acids is 1. The number of esters is 1. The maximum Gasteiger partial charge on any atom is 0.338 e. The SMILES string of the molecule is CCOC(=O)c1cc(Br)cc(C#N)c1CCl. The molecule has 16 heavy (non-hydrogen) atoms. The van der Waals surface area contributed by atoms with Crippen LogP contribution in [0.5, 0.6) is 0 Å². The molecule has 0 atom stereocenters. The van der Waals surface area contributed by atoms with Crippen molar-refractivity contribution in [2.75, 3.05) is 6.61 Å². The van der Waals surface area contributed by atoms with Crippen LogP contribution < -0.4 is 0 Å². The molecule has 0 saturated heterocycles. The van der Waals surface area contributed by atoms with Gasteiger partial charge in [0.25, 0.3) is 0 Å². The highest BCUT2D eigenvalue weighted by atomic mass is 79.9. The Morgan fingerprint density at radius 1 is 1.62 bits per heavy atom. The summed E-state index contributed by atoms with van der Waals surface area (Å²) in [4.78, 5) is 11.6. The van der Waals surface area contributed by atoms with E-state index in [2.05, 4.69) is 15.9 Å². The lowest BCUT2D eigenvalue weighted by atomic mass is 10.0. The Kier molecular flexibility index (Phi) is 4.78. The maximum atomic E-state index is 11.6. The van der Waals surface area contributed by atoms with Crippen LogP contribution in [0, 0.1) is 11.3 Å². The molecule has 3 nitrogen and oxygen atoms in total.